The van der Waals surface area contributed by atoms with E-state index in [1.165, 1.54) is 0 Å². The number of primary amides is 1. The molecule has 0 aliphatic heterocycles. The van der Waals surface area contributed by atoms with Crippen molar-refractivity contribution in [3.8, 4) is 0 Å². The van der Waals surface area contributed by atoms with Crippen molar-refractivity contribution in [2.24, 2.45) is 11.7 Å². The van der Waals surface area contributed by atoms with Gasteiger partial charge in [0, 0.05) is 25.0 Å². The van der Waals surface area contributed by atoms with Crippen molar-refractivity contribution in [3.63, 3.8) is 0 Å². The number of hydrogen-bond donors (Lipinski definition) is 2. The fourth-order valence-corrected chi connectivity index (χ4v) is 1.65. The lowest BCUT2D eigenvalue weighted by Gasteiger charge is -2.22. The van der Waals surface area contributed by atoms with Crippen LogP contribution in [0.1, 0.15) is 24.2 Å². The summed E-state index contributed by atoms with van der Waals surface area (Å²) in [7, 11) is 1.98. The van der Waals surface area contributed by atoms with Gasteiger partial charge in [-0.15, -0.1) is 0 Å². The van der Waals surface area contributed by atoms with Crippen molar-refractivity contribution >= 4 is 17.3 Å². The molecule has 16 heavy (non-hydrogen) atoms. The molecule has 88 valence electrons. The molecule has 1 aromatic carbocycles. The third kappa shape index (κ3) is 2.89. The monoisotopic (exact) mass is 221 g/mol. The number of carbonyl (C=O) groups excluding carboxylic acids is 1. The van der Waals surface area contributed by atoms with Gasteiger partial charge in [0.15, 0.2) is 0 Å². The minimum Gasteiger partial charge on any atom is -0.398 e. The van der Waals surface area contributed by atoms with E-state index in [1.54, 1.807) is 12.1 Å². The summed E-state index contributed by atoms with van der Waals surface area (Å²) < 4.78 is 0. The van der Waals surface area contributed by atoms with E-state index in [9.17, 15) is 4.79 Å². The Balaban J connectivity index is 2.98. The van der Waals surface area contributed by atoms with Gasteiger partial charge in [-0.05, 0) is 24.1 Å². The molecule has 1 amide bonds. The molecule has 0 spiro atoms. The van der Waals surface area contributed by atoms with E-state index in [4.69, 9.17) is 11.5 Å². The van der Waals surface area contributed by atoms with Gasteiger partial charge in [0.05, 0.1) is 5.56 Å². The summed E-state index contributed by atoms with van der Waals surface area (Å²) in [4.78, 5) is 13.2. The minimum absolute atomic E-state index is 0.383. The molecule has 4 heteroatoms. The number of anilines is 2. The quantitative estimate of drug-likeness (QED) is 0.756. The lowest BCUT2D eigenvalue weighted by molar-refractivity contribution is 0.100. The lowest BCUT2D eigenvalue weighted by Crippen LogP contribution is -2.23. The zero-order valence-electron chi connectivity index (χ0n) is 10.0. The van der Waals surface area contributed by atoms with Crippen molar-refractivity contribution in [2.75, 3.05) is 24.2 Å². The zero-order chi connectivity index (χ0) is 12.3. The molecule has 0 fully saturated rings. The number of carbonyl (C=O) groups is 1. The Kier molecular flexibility index (Phi) is 3.77. The number of benzene rings is 1. The molecule has 0 radical (unpaired) electrons. The van der Waals surface area contributed by atoms with Gasteiger partial charge in [0.25, 0.3) is 5.91 Å². The highest BCUT2D eigenvalue weighted by Crippen LogP contribution is 2.20. The van der Waals surface area contributed by atoms with Crippen LogP contribution in [0.4, 0.5) is 11.4 Å². The molecule has 0 heterocycles. The predicted octanol–water partition coefficient (Wildman–Crippen LogP) is 1.46. The fraction of sp³-hybridized carbons (Fsp3) is 0.417. The zero-order valence-corrected chi connectivity index (χ0v) is 10.0. The molecule has 1 aromatic rings. The van der Waals surface area contributed by atoms with Gasteiger partial charge in [0.2, 0.25) is 0 Å². The van der Waals surface area contributed by atoms with Crippen LogP contribution >= 0.6 is 0 Å². The Bertz CT molecular complexity index is 388. The van der Waals surface area contributed by atoms with E-state index in [0.29, 0.717) is 17.2 Å². The first-order valence-corrected chi connectivity index (χ1v) is 5.32. The van der Waals surface area contributed by atoms with Gasteiger partial charge in [0.1, 0.15) is 0 Å². The Morgan fingerprint density at radius 1 is 1.44 bits per heavy atom. The second-order valence-corrected chi connectivity index (χ2v) is 4.41. The van der Waals surface area contributed by atoms with Crippen LogP contribution in [0.15, 0.2) is 18.2 Å². The Labute approximate surface area is 96.2 Å². The number of amides is 1. The predicted molar refractivity (Wildman–Crippen MR) is 67.5 cm³/mol. The first-order valence-electron chi connectivity index (χ1n) is 5.32. The number of nitrogens with two attached hydrogens (primary N) is 2. The van der Waals surface area contributed by atoms with Gasteiger partial charge in [-0.2, -0.15) is 0 Å². The number of hydrogen-bond acceptors (Lipinski definition) is 3. The second-order valence-electron chi connectivity index (χ2n) is 4.41. The SMILES string of the molecule is CC(C)CN(C)c1ccc(N)c(C(N)=O)c1. The highest BCUT2D eigenvalue weighted by molar-refractivity contribution is 5.99. The van der Waals surface area contributed by atoms with Crippen molar-refractivity contribution < 1.29 is 4.79 Å². The molecule has 0 saturated carbocycles. The first-order chi connectivity index (χ1) is 7.41. The van der Waals surface area contributed by atoms with E-state index in [1.807, 2.05) is 13.1 Å². The van der Waals surface area contributed by atoms with E-state index in [-0.39, 0.29) is 0 Å². The van der Waals surface area contributed by atoms with Gasteiger partial charge < -0.3 is 16.4 Å². The van der Waals surface area contributed by atoms with Crippen LogP contribution in [-0.4, -0.2) is 19.5 Å². The largest absolute Gasteiger partial charge is 0.398 e. The van der Waals surface area contributed by atoms with Crippen LogP contribution in [0.2, 0.25) is 0 Å². The molecular weight excluding hydrogens is 202 g/mol. The van der Waals surface area contributed by atoms with Gasteiger partial charge in [-0.1, -0.05) is 13.8 Å². The van der Waals surface area contributed by atoms with Crippen LogP contribution < -0.4 is 16.4 Å². The minimum atomic E-state index is -0.489. The van der Waals surface area contributed by atoms with Crippen molar-refractivity contribution in [2.45, 2.75) is 13.8 Å². The molecule has 0 saturated heterocycles. The molecule has 0 unspecified atom stereocenters. The molecule has 1 rings (SSSR count). The molecule has 4 N–H and O–H groups in total. The fourth-order valence-electron chi connectivity index (χ4n) is 1.65. The Hall–Kier alpha value is -1.71. The third-order valence-electron chi connectivity index (χ3n) is 2.38. The second kappa shape index (κ2) is 4.88. The maximum Gasteiger partial charge on any atom is 0.250 e. The molecule has 0 aromatic heterocycles. The first kappa shape index (κ1) is 12.4. The van der Waals surface area contributed by atoms with Crippen LogP contribution in [0, 0.1) is 5.92 Å². The Morgan fingerprint density at radius 3 is 2.56 bits per heavy atom. The summed E-state index contributed by atoms with van der Waals surface area (Å²) in [6.07, 6.45) is 0. The van der Waals surface area contributed by atoms with E-state index < -0.39 is 5.91 Å². The summed E-state index contributed by atoms with van der Waals surface area (Å²) in [6, 6.07) is 5.34. The van der Waals surface area contributed by atoms with E-state index >= 15 is 0 Å². The van der Waals surface area contributed by atoms with Gasteiger partial charge in [-0.3, -0.25) is 4.79 Å². The average molecular weight is 221 g/mol. The lowest BCUT2D eigenvalue weighted by atomic mass is 10.1. The summed E-state index contributed by atoms with van der Waals surface area (Å²) in [6.45, 7) is 5.20. The highest BCUT2D eigenvalue weighted by Gasteiger charge is 2.09. The molecule has 0 atom stereocenters. The molecule has 0 aliphatic carbocycles. The summed E-state index contributed by atoms with van der Waals surface area (Å²) in [5.74, 6) is 0.0666. The smallest absolute Gasteiger partial charge is 0.250 e. The normalized spacial score (nSPS) is 10.5. The standard InChI is InChI=1S/C12H19N3O/c1-8(2)7-15(3)9-4-5-11(13)10(6-9)12(14)16/h4-6,8H,7,13H2,1-3H3,(H2,14,16). The van der Waals surface area contributed by atoms with Crippen molar-refractivity contribution in [1.29, 1.82) is 0 Å². The molecule has 4 nitrogen and oxygen atoms in total. The third-order valence-corrected chi connectivity index (χ3v) is 2.38. The van der Waals surface area contributed by atoms with Crippen LogP contribution in [-0.2, 0) is 0 Å². The summed E-state index contributed by atoms with van der Waals surface area (Å²) in [5.41, 5.74) is 12.7. The highest BCUT2D eigenvalue weighted by atomic mass is 16.1. The summed E-state index contributed by atoms with van der Waals surface area (Å²) in [5, 5.41) is 0. The van der Waals surface area contributed by atoms with E-state index in [0.717, 1.165) is 12.2 Å². The maximum absolute atomic E-state index is 11.1. The number of nitrogens with zero attached hydrogens (tertiary/aromatic N) is 1. The van der Waals surface area contributed by atoms with Gasteiger partial charge >= 0.3 is 0 Å². The maximum atomic E-state index is 11.1. The van der Waals surface area contributed by atoms with Crippen LogP contribution in [0.5, 0.6) is 0 Å². The molecule has 0 aliphatic rings. The Morgan fingerprint density at radius 2 is 2.06 bits per heavy atom. The van der Waals surface area contributed by atoms with Crippen molar-refractivity contribution in [3.05, 3.63) is 23.8 Å². The van der Waals surface area contributed by atoms with Crippen LogP contribution in [0.25, 0.3) is 0 Å². The van der Waals surface area contributed by atoms with Crippen molar-refractivity contribution in [1.82, 2.24) is 0 Å². The van der Waals surface area contributed by atoms with Gasteiger partial charge in [-0.25, -0.2) is 0 Å². The number of nitrogen functional groups attached to an aromatic ring is 1. The average Bonchev–Trinajstić information content (AvgIpc) is 2.16. The summed E-state index contributed by atoms with van der Waals surface area (Å²) >= 11 is 0. The van der Waals surface area contributed by atoms with E-state index in [2.05, 4.69) is 18.7 Å². The van der Waals surface area contributed by atoms with Crippen LogP contribution in [0.3, 0.4) is 0 Å². The molecular formula is C12H19N3O. The topological polar surface area (TPSA) is 72.3 Å². The molecule has 0 bridgehead atoms. The number of rotatable bonds is 4.